The fourth-order valence-electron chi connectivity index (χ4n) is 1.38. The number of aliphatic carboxylic acids is 1. The number of benzene rings is 1. The van der Waals surface area contributed by atoms with Gasteiger partial charge in [0.2, 0.25) is 5.91 Å². The molecule has 1 amide bonds. The monoisotopic (exact) mass is 301 g/mol. The van der Waals surface area contributed by atoms with Crippen LogP contribution in [0.5, 0.6) is 5.75 Å². The summed E-state index contributed by atoms with van der Waals surface area (Å²) in [7, 11) is 0. The molecule has 0 spiro atoms. The van der Waals surface area contributed by atoms with Crippen molar-refractivity contribution < 1.29 is 19.8 Å². The number of carbonyl (C=O) groups excluding carboxylic acids is 1. The van der Waals surface area contributed by atoms with Crippen LogP contribution in [0.25, 0.3) is 0 Å². The largest absolute Gasteiger partial charge is 0.508 e. The lowest BCUT2D eigenvalue weighted by Crippen LogP contribution is -2.41. The predicted octanol–water partition coefficient (Wildman–Crippen LogP) is 1.29. The van der Waals surface area contributed by atoms with Crippen LogP contribution >= 0.6 is 15.9 Å². The van der Waals surface area contributed by atoms with Crippen LogP contribution in [-0.4, -0.2) is 28.1 Å². The number of halogens is 1. The third-order valence-corrected chi connectivity index (χ3v) is 2.63. The van der Waals surface area contributed by atoms with E-state index in [9.17, 15) is 14.7 Å². The van der Waals surface area contributed by atoms with E-state index in [-0.39, 0.29) is 12.2 Å². The second-order valence-corrected chi connectivity index (χ2v) is 4.48. The number of aromatic hydroxyl groups is 1. The predicted molar refractivity (Wildman–Crippen MR) is 64.8 cm³/mol. The van der Waals surface area contributed by atoms with E-state index < -0.39 is 17.9 Å². The van der Waals surface area contributed by atoms with Gasteiger partial charge in [-0.15, -0.1) is 0 Å². The van der Waals surface area contributed by atoms with Gasteiger partial charge in [0.25, 0.3) is 0 Å². The zero-order chi connectivity index (χ0) is 13.0. The molecular formula is C11H12BrNO4. The molecule has 0 aliphatic carbocycles. The van der Waals surface area contributed by atoms with Gasteiger partial charge in [0, 0.05) is 17.8 Å². The molecule has 0 radical (unpaired) electrons. The molecule has 0 saturated heterocycles. The minimum Gasteiger partial charge on any atom is -0.508 e. The molecule has 1 rings (SSSR count). The summed E-state index contributed by atoms with van der Waals surface area (Å²) in [6, 6.07) is 3.68. The fourth-order valence-corrected chi connectivity index (χ4v) is 1.79. The number of rotatable bonds is 4. The summed E-state index contributed by atoms with van der Waals surface area (Å²) < 4.78 is 0.734. The van der Waals surface area contributed by atoms with Crippen molar-refractivity contribution in [1.82, 2.24) is 5.32 Å². The Morgan fingerprint density at radius 3 is 2.65 bits per heavy atom. The third kappa shape index (κ3) is 4.07. The normalized spacial score (nSPS) is 11.9. The molecule has 1 unspecified atom stereocenters. The Kier molecular flexibility index (Phi) is 4.51. The average Bonchev–Trinajstić information content (AvgIpc) is 2.21. The number of hydrogen-bond acceptors (Lipinski definition) is 3. The number of carbonyl (C=O) groups is 2. The van der Waals surface area contributed by atoms with E-state index in [1.54, 1.807) is 12.1 Å². The summed E-state index contributed by atoms with van der Waals surface area (Å²) in [4.78, 5) is 21.8. The van der Waals surface area contributed by atoms with Crippen LogP contribution in [0, 0.1) is 0 Å². The fraction of sp³-hybridized carbons (Fsp3) is 0.273. The zero-order valence-corrected chi connectivity index (χ0v) is 10.7. The SMILES string of the molecule is CC(=O)NC(Cc1cc(Br)ccc1O)C(=O)O. The first-order valence-corrected chi connectivity index (χ1v) is 5.66. The van der Waals surface area contributed by atoms with E-state index in [2.05, 4.69) is 21.2 Å². The standard InChI is InChI=1S/C11H12BrNO4/c1-6(14)13-9(11(16)17)5-7-4-8(12)2-3-10(7)15/h2-4,9,15H,5H2,1H3,(H,13,14)(H,16,17). The van der Waals surface area contributed by atoms with E-state index in [1.165, 1.54) is 13.0 Å². The Labute approximate surface area is 107 Å². The highest BCUT2D eigenvalue weighted by Crippen LogP contribution is 2.23. The number of hydrogen-bond donors (Lipinski definition) is 3. The molecule has 0 heterocycles. The van der Waals surface area contributed by atoms with Crippen molar-refractivity contribution in [3.8, 4) is 5.75 Å². The number of carboxylic acids is 1. The van der Waals surface area contributed by atoms with Crippen molar-refractivity contribution in [3.05, 3.63) is 28.2 Å². The Bertz CT molecular complexity index is 447. The van der Waals surface area contributed by atoms with Crippen molar-refractivity contribution in [2.24, 2.45) is 0 Å². The summed E-state index contributed by atoms with van der Waals surface area (Å²) in [5.74, 6) is -1.56. The highest BCUT2D eigenvalue weighted by Gasteiger charge is 2.20. The maximum Gasteiger partial charge on any atom is 0.326 e. The van der Waals surface area contributed by atoms with E-state index in [1.807, 2.05) is 0 Å². The van der Waals surface area contributed by atoms with E-state index >= 15 is 0 Å². The zero-order valence-electron chi connectivity index (χ0n) is 9.11. The average molecular weight is 302 g/mol. The smallest absolute Gasteiger partial charge is 0.326 e. The van der Waals surface area contributed by atoms with Gasteiger partial charge in [-0.2, -0.15) is 0 Å². The molecule has 0 fully saturated rings. The van der Waals surface area contributed by atoms with Crippen LogP contribution in [0.4, 0.5) is 0 Å². The van der Waals surface area contributed by atoms with Crippen LogP contribution in [0.15, 0.2) is 22.7 Å². The highest BCUT2D eigenvalue weighted by atomic mass is 79.9. The first-order chi connectivity index (χ1) is 7.90. The van der Waals surface area contributed by atoms with Crippen molar-refractivity contribution in [2.45, 2.75) is 19.4 Å². The minimum absolute atomic E-state index is 0.00445. The lowest BCUT2D eigenvalue weighted by atomic mass is 10.1. The number of phenolic OH excluding ortho intramolecular Hbond substituents is 1. The number of phenols is 1. The van der Waals surface area contributed by atoms with Crippen LogP contribution in [0.2, 0.25) is 0 Å². The van der Waals surface area contributed by atoms with Crippen molar-refractivity contribution in [2.75, 3.05) is 0 Å². The van der Waals surface area contributed by atoms with E-state index in [0.29, 0.717) is 5.56 Å². The van der Waals surface area contributed by atoms with Gasteiger partial charge in [-0.1, -0.05) is 15.9 Å². The van der Waals surface area contributed by atoms with Gasteiger partial charge in [0.05, 0.1) is 0 Å². The molecule has 3 N–H and O–H groups in total. The Morgan fingerprint density at radius 1 is 1.47 bits per heavy atom. The van der Waals surface area contributed by atoms with Gasteiger partial charge in [0.15, 0.2) is 0 Å². The molecule has 6 heteroatoms. The van der Waals surface area contributed by atoms with Gasteiger partial charge in [-0.05, 0) is 23.8 Å². The summed E-state index contributed by atoms with van der Waals surface area (Å²) in [5, 5.41) is 20.8. The van der Waals surface area contributed by atoms with E-state index in [4.69, 9.17) is 5.11 Å². The second kappa shape index (κ2) is 5.67. The third-order valence-electron chi connectivity index (χ3n) is 2.14. The second-order valence-electron chi connectivity index (χ2n) is 3.57. The first kappa shape index (κ1) is 13.5. The van der Waals surface area contributed by atoms with Crippen molar-refractivity contribution in [1.29, 1.82) is 0 Å². The lowest BCUT2D eigenvalue weighted by molar-refractivity contribution is -0.141. The van der Waals surface area contributed by atoms with Gasteiger partial charge < -0.3 is 15.5 Å². The maximum absolute atomic E-state index is 10.9. The molecule has 0 saturated carbocycles. The lowest BCUT2D eigenvalue weighted by Gasteiger charge is -2.14. The summed E-state index contributed by atoms with van der Waals surface area (Å²) in [6.07, 6.45) is 0.0280. The van der Waals surface area contributed by atoms with Crippen LogP contribution in [-0.2, 0) is 16.0 Å². The van der Waals surface area contributed by atoms with Crippen molar-refractivity contribution >= 4 is 27.8 Å². The molecule has 5 nitrogen and oxygen atoms in total. The molecule has 0 aliphatic rings. The quantitative estimate of drug-likeness (QED) is 0.782. The van der Waals surface area contributed by atoms with Crippen molar-refractivity contribution in [3.63, 3.8) is 0 Å². The topological polar surface area (TPSA) is 86.6 Å². The summed E-state index contributed by atoms with van der Waals surface area (Å²) >= 11 is 3.23. The highest BCUT2D eigenvalue weighted by molar-refractivity contribution is 9.10. The Hall–Kier alpha value is -1.56. The summed E-state index contributed by atoms with van der Waals surface area (Å²) in [6.45, 7) is 1.25. The van der Waals surface area contributed by atoms with Crippen LogP contribution in [0.1, 0.15) is 12.5 Å². The number of amides is 1. The van der Waals surface area contributed by atoms with Gasteiger partial charge >= 0.3 is 5.97 Å². The number of carboxylic acid groups (broad SMARTS) is 1. The molecular weight excluding hydrogens is 290 g/mol. The first-order valence-electron chi connectivity index (χ1n) is 4.87. The molecule has 1 aromatic rings. The molecule has 17 heavy (non-hydrogen) atoms. The van der Waals surface area contributed by atoms with Crippen LogP contribution in [0.3, 0.4) is 0 Å². The summed E-state index contributed by atoms with van der Waals surface area (Å²) in [5.41, 5.74) is 0.459. The van der Waals surface area contributed by atoms with Gasteiger partial charge in [-0.3, -0.25) is 4.79 Å². The minimum atomic E-state index is -1.14. The molecule has 0 bridgehead atoms. The molecule has 0 aliphatic heterocycles. The molecule has 1 aromatic carbocycles. The molecule has 1 atom stereocenters. The molecule has 0 aromatic heterocycles. The van der Waals surface area contributed by atoms with E-state index in [0.717, 1.165) is 4.47 Å². The Morgan fingerprint density at radius 2 is 2.12 bits per heavy atom. The molecule has 92 valence electrons. The van der Waals surface area contributed by atoms with Gasteiger partial charge in [-0.25, -0.2) is 4.79 Å². The Balaban J connectivity index is 2.89. The maximum atomic E-state index is 10.9. The van der Waals surface area contributed by atoms with Crippen LogP contribution < -0.4 is 5.32 Å². The van der Waals surface area contributed by atoms with Gasteiger partial charge in [0.1, 0.15) is 11.8 Å². The number of nitrogens with one attached hydrogen (secondary N) is 1.